The molecule has 0 spiro atoms. The molecule has 10 heteroatoms. The highest BCUT2D eigenvalue weighted by atomic mass is 32.2. The number of alkyl halides is 2. The van der Waals surface area contributed by atoms with Crippen LogP contribution in [-0.2, 0) is 9.84 Å². The van der Waals surface area contributed by atoms with E-state index in [1.807, 2.05) is 4.90 Å². The zero-order valence-electron chi connectivity index (χ0n) is 16.4. The van der Waals surface area contributed by atoms with Gasteiger partial charge < -0.3 is 10.4 Å². The lowest BCUT2D eigenvalue weighted by molar-refractivity contribution is -0.00442. The molecule has 0 unspecified atom stereocenters. The molecule has 2 aromatic rings. The summed E-state index contributed by atoms with van der Waals surface area (Å²) in [5.41, 5.74) is 1.25. The van der Waals surface area contributed by atoms with Gasteiger partial charge in [0.2, 0.25) is 9.84 Å². The molecule has 1 aromatic heterocycles. The third-order valence-corrected chi connectivity index (χ3v) is 7.17. The van der Waals surface area contributed by atoms with Gasteiger partial charge in [-0.15, -0.1) is 0 Å². The Kier molecular flexibility index (Phi) is 6.68. The summed E-state index contributed by atoms with van der Waals surface area (Å²) in [6.07, 6.45) is 0.857. The van der Waals surface area contributed by atoms with Crippen LogP contribution in [0.3, 0.4) is 0 Å². The SMILES string of the molecule is C[C@H](O)c1cc(NCN2CCC(C(F)(F)S(=O)(=O)c3cccc(F)c3)CC2)ccn1. The normalized spacial score (nSPS) is 17.6. The second-order valence-corrected chi connectivity index (χ2v) is 9.42. The number of hydrogen-bond donors (Lipinski definition) is 2. The number of nitrogens with one attached hydrogen (secondary N) is 1. The van der Waals surface area contributed by atoms with Crippen molar-refractivity contribution in [2.24, 2.45) is 5.92 Å². The lowest BCUT2D eigenvalue weighted by Crippen LogP contribution is -2.45. The molecular weight excluding hydrogens is 419 g/mol. The maximum absolute atomic E-state index is 14.8. The topological polar surface area (TPSA) is 82.5 Å². The predicted octanol–water partition coefficient (Wildman–Crippen LogP) is 3.42. The molecule has 164 valence electrons. The Labute approximate surface area is 173 Å². The Morgan fingerprint density at radius 3 is 2.60 bits per heavy atom. The Balaban J connectivity index is 1.60. The number of aliphatic hydroxyl groups is 1. The van der Waals surface area contributed by atoms with Crippen molar-refractivity contribution >= 4 is 15.5 Å². The van der Waals surface area contributed by atoms with Crippen LogP contribution >= 0.6 is 0 Å². The van der Waals surface area contributed by atoms with Gasteiger partial charge in [-0.2, -0.15) is 8.78 Å². The van der Waals surface area contributed by atoms with Gasteiger partial charge in [0.25, 0.3) is 0 Å². The number of nitrogens with zero attached hydrogens (tertiary/aromatic N) is 2. The lowest BCUT2D eigenvalue weighted by Gasteiger charge is -2.35. The van der Waals surface area contributed by atoms with E-state index in [0.717, 1.165) is 23.9 Å². The van der Waals surface area contributed by atoms with Gasteiger partial charge >= 0.3 is 5.25 Å². The highest BCUT2D eigenvalue weighted by Gasteiger charge is 2.53. The third-order valence-electron chi connectivity index (χ3n) is 5.24. The standard InChI is InChI=1S/C20H24F3N3O3S/c1-14(27)19-12-17(5-8-24-19)25-13-26-9-6-15(7-10-26)20(22,23)30(28,29)18-4-2-3-16(21)11-18/h2-5,8,11-12,14-15,27H,6-7,9-10,13H2,1H3,(H,24,25)/t14-/m0/s1. The Bertz CT molecular complexity index is 978. The first-order valence-corrected chi connectivity index (χ1v) is 11.1. The summed E-state index contributed by atoms with van der Waals surface area (Å²) in [7, 11) is -4.98. The van der Waals surface area contributed by atoms with Crippen molar-refractivity contribution < 1.29 is 26.7 Å². The first-order valence-electron chi connectivity index (χ1n) is 9.59. The van der Waals surface area contributed by atoms with Crippen molar-refractivity contribution in [3.8, 4) is 0 Å². The van der Waals surface area contributed by atoms with E-state index in [0.29, 0.717) is 31.5 Å². The number of pyridine rings is 1. The average Bonchev–Trinajstić information content (AvgIpc) is 2.72. The molecule has 2 N–H and O–H groups in total. The number of benzene rings is 1. The van der Waals surface area contributed by atoms with Crippen LogP contribution in [0.25, 0.3) is 0 Å². The summed E-state index contributed by atoms with van der Waals surface area (Å²) in [6, 6.07) is 7.17. The van der Waals surface area contributed by atoms with Gasteiger partial charge in [-0.25, -0.2) is 12.8 Å². The zero-order valence-corrected chi connectivity index (χ0v) is 17.2. The number of sulfone groups is 1. The van der Waals surface area contributed by atoms with Gasteiger partial charge in [-0.3, -0.25) is 9.88 Å². The first-order chi connectivity index (χ1) is 14.1. The van der Waals surface area contributed by atoms with Crippen LogP contribution in [-0.4, -0.2) is 48.4 Å². The molecule has 2 heterocycles. The van der Waals surface area contributed by atoms with E-state index in [-0.39, 0.29) is 12.8 Å². The quantitative estimate of drug-likeness (QED) is 0.683. The van der Waals surface area contributed by atoms with Crippen molar-refractivity contribution in [1.82, 2.24) is 9.88 Å². The Hall–Kier alpha value is -2.17. The number of aliphatic hydroxyl groups excluding tert-OH is 1. The van der Waals surface area contributed by atoms with Crippen molar-refractivity contribution in [2.75, 3.05) is 25.1 Å². The van der Waals surface area contributed by atoms with Crippen molar-refractivity contribution in [1.29, 1.82) is 0 Å². The van der Waals surface area contributed by atoms with Crippen LogP contribution in [0.5, 0.6) is 0 Å². The molecule has 0 amide bonds. The van der Waals surface area contributed by atoms with Crippen LogP contribution < -0.4 is 5.32 Å². The van der Waals surface area contributed by atoms with Crippen LogP contribution in [0.4, 0.5) is 18.9 Å². The molecule has 6 nitrogen and oxygen atoms in total. The average molecular weight is 443 g/mol. The highest BCUT2D eigenvalue weighted by Crippen LogP contribution is 2.41. The number of rotatable bonds is 7. The van der Waals surface area contributed by atoms with E-state index in [9.17, 15) is 26.7 Å². The van der Waals surface area contributed by atoms with Crippen LogP contribution in [0.1, 0.15) is 31.6 Å². The summed E-state index contributed by atoms with van der Waals surface area (Å²) < 4.78 is 67.8. The molecular formula is C20H24F3N3O3S. The summed E-state index contributed by atoms with van der Waals surface area (Å²) in [5.74, 6) is -2.22. The van der Waals surface area contributed by atoms with E-state index in [1.165, 1.54) is 0 Å². The molecule has 1 atom stereocenters. The second kappa shape index (κ2) is 8.91. The minimum absolute atomic E-state index is 0.00149. The summed E-state index contributed by atoms with van der Waals surface area (Å²) >= 11 is 0. The molecule has 1 fully saturated rings. The fourth-order valence-corrected chi connectivity index (χ4v) is 4.94. The van der Waals surface area contributed by atoms with Crippen molar-refractivity contribution in [2.45, 2.75) is 36.0 Å². The molecule has 1 aliphatic heterocycles. The van der Waals surface area contributed by atoms with E-state index in [1.54, 1.807) is 25.3 Å². The molecule has 0 radical (unpaired) electrons. The smallest absolute Gasteiger partial charge is 0.352 e. The Morgan fingerprint density at radius 1 is 1.27 bits per heavy atom. The van der Waals surface area contributed by atoms with E-state index in [2.05, 4.69) is 10.3 Å². The minimum atomic E-state index is -4.98. The van der Waals surface area contributed by atoms with Crippen LogP contribution in [0.2, 0.25) is 0 Å². The maximum atomic E-state index is 14.8. The highest BCUT2D eigenvalue weighted by molar-refractivity contribution is 7.92. The minimum Gasteiger partial charge on any atom is -0.387 e. The number of piperidine rings is 1. The van der Waals surface area contributed by atoms with Gasteiger partial charge in [0.05, 0.1) is 23.4 Å². The van der Waals surface area contributed by atoms with E-state index in [4.69, 9.17) is 0 Å². The monoisotopic (exact) mass is 443 g/mol. The second-order valence-electron chi connectivity index (χ2n) is 7.40. The van der Waals surface area contributed by atoms with Gasteiger partial charge in [-0.1, -0.05) is 6.07 Å². The number of halogens is 3. The van der Waals surface area contributed by atoms with Crippen LogP contribution in [0.15, 0.2) is 47.5 Å². The molecule has 3 rings (SSSR count). The summed E-state index contributed by atoms with van der Waals surface area (Å²) in [5, 5.41) is 8.77. The maximum Gasteiger partial charge on any atom is 0.352 e. The fourth-order valence-electron chi connectivity index (χ4n) is 3.43. The number of likely N-dealkylation sites (tertiary alicyclic amines) is 1. The number of anilines is 1. The largest absolute Gasteiger partial charge is 0.387 e. The van der Waals surface area contributed by atoms with Gasteiger partial charge in [0.15, 0.2) is 0 Å². The van der Waals surface area contributed by atoms with Crippen molar-refractivity contribution in [3.05, 3.63) is 54.1 Å². The lowest BCUT2D eigenvalue weighted by atomic mass is 9.97. The molecule has 0 saturated carbocycles. The first kappa shape index (κ1) is 22.5. The molecule has 1 aromatic carbocycles. The van der Waals surface area contributed by atoms with Gasteiger partial charge in [0.1, 0.15) is 5.82 Å². The van der Waals surface area contributed by atoms with Gasteiger partial charge in [-0.05, 0) is 50.1 Å². The molecule has 1 aliphatic rings. The molecule has 0 aliphatic carbocycles. The number of aromatic nitrogens is 1. The van der Waals surface area contributed by atoms with E-state index < -0.39 is 37.8 Å². The Morgan fingerprint density at radius 2 is 1.97 bits per heavy atom. The van der Waals surface area contributed by atoms with E-state index >= 15 is 0 Å². The predicted molar refractivity (Wildman–Crippen MR) is 106 cm³/mol. The van der Waals surface area contributed by atoms with Gasteiger partial charge in [0, 0.05) is 30.9 Å². The van der Waals surface area contributed by atoms with Crippen LogP contribution in [0, 0.1) is 11.7 Å². The summed E-state index contributed by atoms with van der Waals surface area (Å²) in [6.45, 7) is 2.58. The molecule has 30 heavy (non-hydrogen) atoms. The molecule has 0 bridgehead atoms. The van der Waals surface area contributed by atoms with Crippen molar-refractivity contribution in [3.63, 3.8) is 0 Å². The fraction of sp³-hybridized carbons (Fsp3) is 0.450. The third kappa shape index (κ3) is 4.76. The molecule has 1 saturated heterocycles. The zero-order chi connectivity index (χ0) is 21.9. The summed E-state index contributed by atoms with van der Waals surface area (Å²) in [4.78, 5) is 5.26. The number of hydrogen-bond acceptors (Lipinski definition) is 6.